The molecule has 0 amide bonds. The van der Waals surface area contributed by atoms with E-state index < -0.39 is 0 Å². The summed E-state index contributed by atoms with van der Waals surface area (Å²) in [6.07, 6.45) is 1.47. The standard InChI is InChI=1S/C30H17Cl4N3O3/c31-20-7-5-17(6-8-20)16-39-28-23(33)11-18(12-24(28)34)15-35-37-29(36-25-4-2-1-3-22(25)30(37)38)27-14-19-13-21(32)9-10-26(19)40-27/h1-15H,16H2. The molecule has 4 aromatic carbocycles. The number of para-hydroxylation sites is 1. The molecule has 0 unspecified atom stereocenters. The molecule has 0 spiro atoms. The highest BCUT2D eigenvalue weighted by Gasteiger charge is 2.17. The van der Waals surface area contributed by atoms with Crippen LogP contribution in [0.3, 0.4) is 0 Å². The average molecular weight is 609 g/mol. The summed E-state index contributed by atoms with van der Waals surface area (Å²) in [6, 6.07) is 24.6. The fourth-order valence-electron chi connectivity index (χ4n) is 4.17. The lowest BCUT2D eigenvalue weighted by molar-refractivity contribution is 0.306. The van der Waals surface area contributed by atoms with Crippen molar-refractivity contribution in [3.05, 3.63) is 127 Å². The van der Waals surface area contributed by atoms with Gasteiger partial charge in [0.15, 0.2) is 11.5 Å². The normalized spacial score (nSPS) is 11.6. The van der Waals surface area contributed by atoms with E-state index >= 15 is 0 Å². The van der Waals surface area contributed by atoms with Crippen molar-refractivity contribution in [2.24, 2.45) is 5.10 Å². The SMILES string of the molecule is O=c1c2ccccc2nc(-c2cc3cc(Cl)ccc3o2)n1N=Cc1cc(Cl)c(OCc2ccc(Cl)cc2)c(Cl)c1. The molecule has 2 aromatic heterocycles. The minimum atomic E-state index is -0.365. The number of hydrogen-bond acceptors (Lipinski definition) is 5. The molecule has 6 aromatic rings. The Kier molecular flexibility index (Phi) is 7.26. The van der Waals surface area contributed by atoms with Crippen LogP contribution >= 0.6 is 46.4 Å². The van der Waals surface area contributed by atoms with Gasteiger partial charge >= 0.3 is 0 Å². The molecule has 198 valence electrons. The highest BCUT2D eigenvalue weighted by Crippen LogP contribution is 2.35. The van der Waals surface area contributed by atoms with Crippen LogP contribution < -0.4 is 10.3 Å². The second-order valence-electron chi connectivity index (χ2n) is 8.84. The van der Waals surface area contributed by atoms with E-state index in [9.17, 15) is 4.79 Å². The third-order valence-corrected chi connectivity index (χ3v) is 7.14. The number of nitrogens with zero attached hydrogens (tertiary/aromatic N) is 3. The molecule has 0 saturated heterocycles. The fourth-order valence-corrected chi connectivity index (χ4v) is 5.09. The Balaban J connectivity index is 1.37. The van der Waals surface area contributed by atoms with Crippen LogP contribution in [0, 0.1) is 0 Å². The molecule has 0 aliphatic heterocycles. The zero-order valence-electron chi connectivity index (χ0n) is 20.4. The van der Waals surface area contributed by atoms with Gasteiger partial charge in [0.2, 0.25) is 5.82 Å². The van der Waals surface area contributed by atoms with Crippen LogP contribution in [0.1, 0.15) is 11.1 Å². The van der Waals surface area contributed by atoms with E-state index in [1.54, 1.807) is 66.7 Å². The molecule has 0 aliphatic carbocycles. The van der Waals surface area contributed by atoms with E-state index in [0.717, 1.165) is 10.9 Å². The highest BCUT2D eigenvalue weighted by molar-refractivity contribution is 6.37. The van der Waals surface area contributed by atoms with Gasteiger partial charge in [0.05, 0.1) is 27.2 Å². The first kappa shape index (κ1) is 26.4. The number of hydrogen-bond donors (Lipinski definition) is 0. The minimum absolute atomic E-state index is 0.229. The number of furan rings is 1. The molecule has 2 heterocycles. The van der Waals surface area contributed by atoms with Crippen molar-refractivity contribution in [2.75, 3.05) is 0 Å². The summed E-state index contributed by atoms with van der Waals surface area (Å²) in [6.45, 7) is 0.258. The summed E-state index contributed by atoms with van der Waals surface area (Å²) in [5.74, 6) is 0.924. The van der Waals surface area contributed by atoms with E-state index in [1.807, 2.05) is 18.2 Å². The Hall–Kier alpha value is -3.81. The van der Waals surface area contributed by atoms with Crippen LogP contribution in [0.25, 0.3) is 33.5 Å². The smallest absolute Gasteiger partial charge is 0.282 e. The first-order chi connectivity index (χ1) is 19.4. The number of aromatic nitrogens is 2. The largest absolute Gasteiger partial charge is 0.486 e. The van der Waals surface area contributed by atoms with Crippen molar-refractivity contribution in [2.45, 2.75) is 6.61 Å². The second-order valence-corrected chi connectivity index (χ2v) is 10.5. The molecule has 6 nitrogen and oxygen atoms in total. The van der Waals surface area contributed by atoms with Crippen molar-refractivity contribution in [1.29, 1.82) is 0 Å². The Bertz CT molecular complexity index is 1960. The third kappa shape index (κ3) is 5.31. The Labute approximate surface area is 247 Å². The van der Waals surface area contributed by atoms with Crippen molar-refractivity contribution in [3.63, 3.8) is 0 Å². The Morgan fingerprint density at radius 1 is 0.875 bits per heavy atom. The van der Waals surface area contributed by atoms with Gasteiger partial charge in [-0.05, 0) is 71.8 Å². The first-order valence-electron chi connectivity index (χ1n) is 12.0. The zero-order valence-corrected chi connectivity index (χ0v) is 23.5. The van der Waals surface area contributed by atoms with E-state index in [0.29, 0.717) is 53.6 Å². The van der Waals surface area contributed by atoms with Crippen LogP contribution in [-0.4, -0.2) is 15.9 Å². The monoisotopic (exact) mass is 607 g/mol. The average Bonchev–Trinajstić information content (AvgIpc) is 3.36. The third-order valence-electron chi connectivity index (χ3n) is 6.09. The molecule has 0 fully saturated rings. The Morgan fingerprint density at radius 2 is 1.60 bits per heavy atom. The minimum Gasteiger partial charge on any atom is -0.486 e. The quantitative estimate of drug-likeness (QED) is 0.177. The number of halogens is 4. The number of benzene rings is 4. The van der Waals surface area contributed by atoms with Gasteiger partial charge in [0.1, 0.15) is 12.2 Å². The van der Waals surface area contributed by atoms with Crippen molar-refractivity contribution in [3.8, 4) is 17.3 Å². The summed E-state index contributed by atoms with van der Waals surface area (Å²) in [7, 11) is 0. The van der Waals surface area contributed by atoms with Gasteiger partial charge in [-0.25, -0.2) is 4.98 Å². The first-order valence-corrected chi connectivity index (χ1v) is 13.5. The molecule has 0 saturated carbocycles. The van der Waals surface area contributed by atoms with Gasteiger partial charge in [-0.2, -0.15) is 9.78 Å². The van der Waals surface area contributed by atoms with Gasteiger partial charge in [-0.1, -0.05) is 70.7 Å². The fraction of sp³-hybridized carbons (Fsp3) is 0.0333. The lowest BCUT2D eigenvalue weighted by atomic mass is 10.2. The zero-order chi connectivity index (χ0) is 27.8. The summed E-state index contributed by atoms with van der Waals surface area (Å²) in [5.41, 5.74) is 2.21. The van der Waals surface area contributed by atoms with Crippen LogP contribution in [0.5, 0.6) is 5.75 Å². The number of ether oxygens (including phenoxy) is 1. The molecule has 6 rings (SSSR count). The highest BCUT2D eigenvalue weighted by atomic mass is 35.5. The maximum absolute atomic E-state index is 13.5. The molecular weight excluding hydrogens is 592 g/mol. The van der Waals surface area contributed by atoms with E-state index in [1.165, 1.54) is 10.9 Å². The van der Waals surface area contributed by atoms with E-state index in [4.69, 9.17) is 55.6 Å². The molecule has 10 heteroatoms. The molecular formula is C30H17Cl4N3O3. The lowest BCUT2D eigenvalue weighted by Gasteiger charge is -2.11. The van der Waals surface area contributed by atoms with Gasteiger partial charge in [0, 0.05) is 15.4 Å². The molecule has 0 N–H and O–H groups in total. The van der Waals surface area contributed by atoms with Crippen LogP contribution in [0.4, 0.5) is 0 Å². The summed E-state index contributed by atoms with van der Waals surface area (Å²) in [4.78, 5) is 18.2. The van der Waals surface area contributed by atoms with Crippen molar-refractivity contribution in [1.82, 2.24) is 9.66 Å². The van der Waals surface area contributed by atoms with Crippen molar-refractivity contribution >= 4 is 74.5 Å². The second kappa shape index (κ2) is 11.0. The topological polar surface area (TPSA) is 69.6 Å². The van der Waals surface area contributed by atoms with Gasteiger partial charge in [-0.3, -0.25) is 4.79 Å². The maximum atomic E-state index is 13.5. The van der Waals surface area contributed by atoms with Gasteiger partial charge in [-0.15, -0.1) is 0 Å². The lowest BCUT2D eigenvalue weighted by Crippen LogP contribution is -2.20. The molecule has 0 atom stereocenters. The van der Waals surface area contributed by atoms with E-state index in [-0.39, 0.29) is 18.0 Å². The maximum Gasteiger partial charge on any atom is 0.282 e. The van der Waals surface area contributed by atoms with Gasteiger partial charge < -0.3 is 9.15 Å². The summed E-state index contributed by atoms with van der Waals surface area (Å²) in [5, 5.41) is 7.43. The molecule has 40 heavy (non-hydrogen) atoms. The Morgan fingerprint density at radius 3 is 2.38 bits per heavy atom. The number of fused-ring (bicyclic) bond motifs is 2. The van der Waals surface area contributed by atoms with E-state index in [2.05, 4.69) is 10.1 Å². The number of rotatable bonds is 6. The summed E-state index contributed by atoms with van der Waals surface area (Å²) < 4.78 is 13.1. The predicted octanol–water partition coefficient (Wildman–Crippen LogP) is 8.88. The predicted molar refractivity (Wildman–Crippen MR) is 161 cm³/mol. The van der Waals surface area contributed by atoms with Crippen LogP contribution in [-0.2, 0) is 6.61 Å². The molecule has 0 radical (unpaired) electrons. The van der Waals surface area contributed by atoms with Crippen LogP contribution in [0.15, 0.2) is 99.2 Å². The van der Waals surface area contributed by atoms with Crippen LogP contribution in [0.2, 0.25) is 20.1 Å². The van der Waals surface area contributed by atoms with Gasteiger partial charge in [0.25, 0.3) is 5.56 Å². The molecule has 0 bridgehead atoms. The molecule has 0 aliphatic rings. The van der Waals surface area contributed by atoms with Crippen molar-refractivity contribution < 1.29 is 9.15 Å². The summed E-state index contributed by atoms with van der Waals surface area (Å²) >= 11 is 25.1.